The van der Waals surface area contributed by atoms with Crippen LogP contribution in [0.3, 0.4) is 0 Å². The van der Waals surface area contributed by atoms with E-state index in [0.717, 1.165) is 55.0 Å². The maximum atomic E-state index is 13.7. The summed E-state index contributed by atoms with van der Waals surface area (Å²) in [6.07, 6.45) is 5.73. The molecule has 0 radical (unpaired) electrons. The number of benzene rings is 2. The first-order valence-corrected chi connectivity index (χ1v) is 12.6. The monoisotopic (exact) mass is 487 g/mol. The van der Waals surface area contributed by atoms with Gasteiger partial charge >= 0.3 is 5.97 Å². The number of fused-ring (bicyclic) bond motifs is 3. The lowest BCUT2D eigenvalue weighted by atomic mass is 9.77. The smallest absolute Gasteiger partial charge is 0.346 e. The predicted octanol–water partition coefficient (Wildman–Crippen LogP) is 4.04. The standard InChI is InChI=1S/C29H29NO6/c1-3-29(26(36-29)18-8-5-4-6-9-18)27(31)35-25-23(32-2)16-28-11-7-12-30(28)13-10-19-14-21-22(34-17-33-21)15-20(19)24(25)28/h3-6,8-9,14-16,24-26H,1,7,10-13,17H2,2H3. The van der Waals surface area contributed by atoms with Crippen molar-refractivity contribution in [1.29, 1.82) is 0 Å². The summed E-state index contributed by atoms with van der Waals surface area (Å²) >= 11 is 0. The molecule has 36 heavy (non-hydrogen) atoms. The van der Waals surface area contributed by atoms with Crippen LogP contribution in [0, 0.1) is 0 Å². The lowest BCUT2D eigenvalue weighted by Gasteiger charge is -2.39. The average molecular weight is 488 g/mol. The molecule has 4 aliphatic heterocycles. The molecule has 0 amide bonds. The summed E-state index contributed by atoms with van der Waals surface area (Å²) in [7, 11) is 1.65. The van der Waals surface area contributed by atoms with Crippen molar-refractivity contribution < 1.29 is 28.5 Å². The third-order valence-electron chi connectivity index (χ3n) is 8.57. The third-order valence-corrected chi connectivity index (χ3v) is 8.57. The molecule has 5 atom stereocenters. The Morgan fingerprint density at radius 2 is 1.97 bits per heavy atom. The zero-order valence-electron chi connectivity index (χ0n) is 20.3. The van der Waals surface area contributed by atoms with E-state index in [1.54, 1.807) is 13.2 Å². The Kier molecular flexibility index (Phi) is 4.79. The SMILES string of the molecule is C=CC1(C(=O)OC2C(OC)=CC34CCCN3CCc3cc5c(cc3C24)OCO5)OC1c1ccccc1. The van der Waals surface area contributed by atoms with Gasteiger partial charge in [0.2, 0.25) is 12.4 Å². The van der Waals surface area contributed by atoms with Gasteiger partial charge in [-0.3, -0.25) is 4.90 Å². The highest BCUT2D eigenvalue weighted by atomic mass is 16.7. The minimum atomic E-state index is -1.20. The fourth-order valence-electron chi connectivity index (χ4n) is 6.80. The summed E-state index contributed by atoms with van der Waals surface area (Å²) in [5, 5.41) is 0. The zero-order chi connectivity index (χ0) is 24.5. The number of carbonyl (C=O) groups excluding carboxylic acids is 1. The van der Waals surface area contributed by atoms with Crippen LogP contribution in [-0.4, -0.2) is 55.1 Å². The first-order chi connectivity index (χ1) is 17.6. The van der Waals surface area contributed by atoms with Crippen molar-refractivity contribution in [1.82, 2.24) is 4.90 Å². The van der Waals surface area contributed by atoms with Gasteiger partial charge in [-0.2, -0.15) is 0 Å². The third kappa shape index (κ3) is 2.96. The molecule has 186 valence electrons. The molecule has 0 saturated carbocycles. The van der Waals surface area contributed by atoms with Crippen LogP contribution < -0.4 is 9.47 Å². The molecule has 5 aliphatic rings. The van der Waals surface area contributed by atoms with E-state index in [0.29, 0.717) is 5.76 Å². The first kappa shape index (κ1) is 21.9. The quantitative estimate of drug-likeness (QED) is 0.358. The Labute approximate surface area is 210 Å². The number of carbonyl (C=O) groups is 1. The van der Waals surface area contributed by atoms with Crippen LogP contribution in [0.1, 0.15) is 41.6 Å². The minimum Gasteiger partial charge on any atom is -0.497 e. The molecule has 7 heteroatoms. The van der Waals surface area contributed by atoms with Crippen LogP contribution in [0.25, 0.3) is 0 Å². The molecule has 7 rings (SSSR count). The van der Waals surface area contributed by atoms with Gasteiger partial charge in [0.1, 0.15) is 11.9 Å². The molecule has 2 aromatic carbocycles. The van der Waals surface area contributed by atoms with Gasteiger partial charge in [-0.1, -0.05) is 36.9 Å². The van der Waals surface area contributed by atoms with E-state index < -0.39 is 23.8 Å². The van der Waals surface area contributed by atoms with Crippen molar-refractivity contribution in [3.8, 4) is 11.5 Å². The summed E-state index contributed by atoms with van der Waals surface area (Å²) < 4.78 is 29.6. The van der Waals surface area contributed by atoms with E-state index in [2.05, 4.69) is 29.7 Å². The van der Waals surface area contributed by atoms with Crippen molar-refractivity contribution in [3.05, 3.63) is 83.6 Å². The Morgan fingerprint density at radius 1 is 1.17 bits per heavy atom. The van der Waals surface area contributed by atoms with Crippen molar-refractivity contribution in [2.45, 2.75) is 48.5 Å². The molecule has 0 bridgehead atoms. The molecule has 2 fully saturated rings. The van der Waals surface area contributed by atoms with Crippen LogP contribution in [0.5, 0.6) is 11.5 Å². The number of epoxide rings is 1. The molecule has 7 nitrogen and oxygen atoms in total. The van der Waals surface area contributed by atoms with E-state index in [1.165, 1.54) is 5.56 Å². The van der Waals surface area contributed by atoms with Gasteiger partial charge in [0, 0.05) is 6.54 Å². The molecular weight excluding hydrogens is 458 g/mol. The molecule has 5 unspecified atom stereocenters. The highest BCUT2D eigenvalue weighted by Gasteiger charge is 2.65. The zero-order valence-corrected chi connectivity index (χ0v) is 20.3. The fourth-order valence-corrected chi connectivity index (χ4v) is 6.80. The minimum absolute atomic E-state index is 0.123. The first-order valence-electron chi connectivity index (χ1n) is 12.6. The second kappa shape index (κ2) is 7.85. The number of hydrogen-bond acceptors (Lipinski definition) is 7. The van der Waals surface area contributed by atoms with Crippen molar-refractivity contribution >= 4 is 5.97 Å². The van der Waals surface area contributed by atoms with Crippen LogP contribution in [0.2, 0.25) is 0 Å². The summed E-state index contributed by atoms with van der Waals surface area (Å²) in [6, 6.07) is 13.9. The number of rotatable bonds is 5. The fraction of sp³-hybridized carbons (Fsp3) is 0.414. The van der Waals surface area contributed by atoms with Gasteiger partial charge in [-0.25, -0.2) is 4.79 Å². The summed E-state index contributed by atoms with van der Waals surface area (Å²) in [6.45, 7) is 6.07. The average Bonchev–Trinajstić information content (AvgIpc) is 3.14. The van der Waals surface area contributed by atoms with Crippen molar-refractivity contribution in [2.75, 3.05) is 27.0 Å². The molecular formula is C29H29NO6. The predicted molar refractivity (Wildman–Crippen MR) is 131 cm³/mol. The lowest BCUT2D eigenvalue weighted by Crippen LogP contribution is -2.47. The maximum absolute atomic E-state index is 13.7. The van der Waals surface area contributed by atoms with Gasteiger partial charge in [-0.15, -0.1) is 0 Å². The largest absolute Gasteiger partial charge is 0.497 e. The topological polar surface area (TPSA) is 69.8 Å². The van der Waals surface area contributed by atoms with Gasteiger partial charge in [-0.05, 0) is 66.8 Å². The van der Waals surface area contributed by atoms with Crippen LogP contribution in [0.15, 0.2) is 67.0 Å². The van der Waals surface area contributed by atoms with E-state index >= 15 is 0 Å². The Morgan fingerprint density at radius 3 is 2.75 bits per heavy atom. The molecule has 4 heterocycles. The summed E-state index contributed by atoms with van der Waals surface area (Å²) in [4.78, 5) is 16.3. The van der Waals surface area contributed by atoms with Gasteiger partial charge in [0.05, 0.1) is 18.6 Å². The lowest BCUT2D eigenvalue weighted by molar-refractivity contribution is -0.155. The molecule has 1 aliphatic carbocycles. The van der Waals surface area contributed by atoms with E-state index in [9.17, 15) is 4.79 Å². The van der Waals surface area contributed by atoms with Crippen LogP contribution >= 0.6 is 0 Å². The Balaban J connectivity index is 1.28. The van der Waals surface area contributed by atoms with Crippen LogP contribution in [0.4, 0.5) is 0 Å². The number of hydrogen-bond donors (Lipinski definition) is 0. The van der Waals surface area contributed by atoms with Gasteiger partial charge < -0.3 is 23.7 Å². The molecule has 0 aromatic heterocycles. The number of ether oxygens (including phenoxy) is 5. The molecule has 2 saturated heterocycles. The molecule has 2 aromatic rings. The van der Waals surface area contributed by atoms with Crippen molar-refractivity contribution in [2.24, 2.45) is 0 Å². The number of nitrogens with zero attached hydrogens (tertiary/aromatic N) is 1. The molecule has 0 N–H and O–H groups in total. The number of methoxy groups -OCH3 is 1. The maximum Gasteiger partial charge on any atom is 0.346 e. The van der Waals surface area contributed by atoms with E-state index in [-0.39, 0.29) is 18.2 Å². The number of esters is 1. The Hall–Kier alpha value is -3.29. The molecule has 1 spiro atoms. The van der Waals surface area contributed by atoms with E-state index in [4.69, 9.17) is 23.7 Å². The Bertz CT molecular complexity index is 1270. The summed E-state index contributed by atoms with van der Waals surface area (Å²) in [5.41, 5.74) is 1.78. The highest BCUT2D eigenvalue weighted by molar-refractivity contribution is 5.87. The second-order valence-electron chi connectivity index (χ2n) is 10.2. The summed E-state index contributed by atoms with van der Waals surface area (Å²) in [5.74, 6) is 1.64. The highest BCUT2D eigenvalue weighted by Crippen LogP contribution is 2.57. The van der Waals surface area contributed by atoms with Gasteiger partial charge in [0.15, 0.2) is 17.6 Å². The van der Waals surface area contributed by atoms with Crippen LogP contribution in [-0.2, 0) is 25.4 Å². The van der Waals surface area contributed by atoms with Gasteiger partial charge in [0.25, 0.3) is 0 Å². The van der Waals surface area contributed by atoms with E-state index in [1.807, 2.05) is 30.3 Å². The normalized spacial score (nSPS) is 33.6. The second-order valence-corrected chi connectivity index (χ2v) is 10.2. The van der Waals surface area contributed by atoms with Crippen molar-refractivity contribution in [3.63, 3.8) is 0 Å².